The molecule has 0 saturated heterocycles. The van der Waals surface area contributed by atoms with Gasteiger partial charge in [0.25, 0.3) is 0 Å². The highest BCUT2D eigenvalue weighted by Crippen LogP contribution is 2.38. The highest BCUT2D eigenvalue weighted by molar-refractivity contribution is 6.06. The fraction of sp³-hybridized carbons (Fsp3) is 0.300. The van der Waals surface area contributed by atoms with Crippen LogP contribution in [0.2, 0.25) is 0 Å². The second-order valence-electron chi connectivity index (χ2n) is 6.75. The highest BCUT2D eigenvalue weighted by atomic mass is 16.5. The lowest BCUT2D eigenvalue weighted by Gasteiger charge is -2.16. The Morgan fingerprint density at radius 2 is 1.81 bits per heavy atom. The van der Waals surface area contributed by atoms with Gasteiger partial charge in [-0.05, 0) is 55.3 Å². The molecule has 0 radical (unpaired) electrons. The van der Waals surface area contributed by atoms with Crippen molar-refractivity contribution in [2.24, 2.45) is 0 Å². The zero-order valence-corrected chi connectivity index (χ0v) is 15.3. The van der Waals surface area contributed by atoms with Gasteiger partial charge in [0.05, 0.1) is 26.1 Å². The van der Waals surface area contributed by atoms with Gasteiger partial charge in [0.15, 0.2) is 11.5 Å². The average molecular weight is 354 g/mol. The lowest BCUT2D eigenvalue weighted by Crippen LogP contribution is -2.27. The zero-order chi connectivity index (χ0) is 18.9. The summed E-state index contributed by atoms with van der Waals surface area (Å²) in [6, 6.07) is 10.8. The Bertz CT molecular complexity index is 874. The topological polar surface area (TPSA) is 76.7 Å². The molecule has 6 heteroatoms. The van der Waals surface area contributed by atoms with E-state index in [1.165, 1.54) is 0 Å². The monoisotopic (exact) mass is 354 g/mol. The van der Waals surface area contributed by atoms with Crippen molar-refractivity contribution in [2.75, 3.05) is 24.9 Å². The molecule has 0 fully saturated rings. The summed E-state index contributed by atoms with van der Waals surface area (Å²) < 4.78 is 10.5. The van der Waals surface area contributed by atoms with Crippen molar-refractivity contribution >= 4 is 23.2 Å². The summed E-state index contributed by atoms with van der Waals surface area (Å²) >= 11 is 0. The number of carbonyl (C=O) groups is 2. The smallest absolute Gasteiger partial charge is 0.234 e. The van der Waals surface area contributed by atoms with Crippen molar-refractivity contribution in [1.29, 1.82) is 0 Å². The number of methoxy groups -OCH3 is 2. The molecule has 6 nitrogen and oxygen atoms in total. The van der Waals surface area contributed by atoms with Gasteiger partial charge >= 0.3 is 0 Å². The molecular weight excluding hydrogens is 332 g/mol. The lowest BCUT2D eigenvalue weighted by molar-refractivity contribution is -0.119. The average Bonchev–Trinajstić information content (AvgIpc) is 2.84. The number of fused-ring (bicyclic) bond motifs is 1. The van der Waals surface area contributed by atoms with Crippen LogP contribution in [-0.4, -0.2) is 26.0 Å². The largest absolute Gasteiger partial charge is 0.493 e. The Labute approximate surface area is 152 Å². The fourth-order valence-corrected chi connectivity index (χ4v) is 3.03. The molecule has 0 aromatic heterocycles. The molecule has 26 heavy (non-hydrogen) atoms. The van der Waals surface area contributed by atoms with E-state index in [9.17, 15) is 9.59 Å². The Balaban J connectivity index is 1.74. The predicted molar refractivity (Wildman–Crippen MR) is 100.0 cm³/mol. The normalized spacial score (nSPS) is 14.4. The first-order chi connectivity index (χ1) is 12.3. The third-order valence-corrected chi connectivity index (χ3v) is 4.61. The van der Waals surface area contributed by atoms with Crippen molar-refractivity contribution in [2.45, 2.75) is 25.7 Å². The Morgan fingerprint density at radius 3 is 2.50 bits per heavy atom. The number of nitrogens with one attached hydrogen (secondary N) is 2. The summed E-state index contributed by atoms with van der Waals surface area (Å²) in [7, 11) is 3.13. The number of hydrogen-bond donors (Lipinski definition) is 2. The summed E-state index contributed by atoms with van der Waals surface area (Å²) in [4.78, 5) is 24.4. The van der Waals surface area contributed by atoms with Crippen LogP contribution in [0.4, 0.5) is 11.4 Å². The maximum atomic E-state index is 12.4. The molecule has 0 atom stereocenters. The van der Waals surface area contributed by atoms with E-state index in [4.69, 9.17) is 9.47 Å². The molecular formula is C20H22N2O4. The van der Waals surface area contributed by atoms with Crippen LogP contribution in [0.25, 0.3) is 0 Å². The SMILES string of the molecule is COc1ccc(CC(=O)Nc2ccc3c(c2)C(C)(C)C(=O)N3)cc1OC. The van der Waals surface area contributed by atoms with Crippen LogP contribution in [-0.2, 0) is 21.4 Å². The molecule has 2 N–H and O–H groups in total. The molecule has 3 rings (SSSR count). The van der Waals surface area contributed by atoms with Gasteiger partial charge in [-0.15, -0.1) is 0 Å². The van der Waals surface area contributed by atoms with E-state index in [1.807, 2.05) is 32.0 Å². The molecule has 0 unspecified atom stereocenters. The number of benzene rings is 2. The van der Waals surface area contributed by atoms with E-state index < -0.39 is 5.41 Å². The predicted octanol–water partition coefficient (Wildman–Crippen LogP) is 3.11. The van der Waals surface area contributed by atoms with Crippen LogP contribution in [0.3, 0.4) is 0 Å². The summed E-state index contributed by atoms with van der Waals surface area (Å²) in [5.41, 5.74) is 2.54. The summed E-state index contributed by atoms with van der Waals surface area (Å²) in [5.74, 6) is 1.02. The molecule has 1 aliphatic rings. The molecule has 2 aromatic rings. The van der Waals surface area contributed by atoms with Crippen LogP contribution in [0.1, 0.15) is 25.0 Å². The molecule has 0 spiro atoms. The van der Waals surface area contributed by atoms with Gasteiger partial charge in [-0.25, -0.2) is 0 Å². The number of rotatable bonds is 5. The first-order valence-electron chi connectivity index (χ1n) is 8.32. The summed E-state index contributed by atoms with van der Waals surface area (Å²) in [5, 5.41) is 5.74. The fourth-order valence-electron chi connectivity index (χ4n) is 3.03. The molecule has 0 aliphatic carbocycles. The van der Waals surface area contributed by atoms with Crippen LogP contribution in [0.5, 0.6) is 11.5 Å². The van der Waals surface area contributed by atoms with E-state index in [0.717, 1.165) is 16.8 Å². The minimum absolute atomic E-state index is 0.0405. The first-order valence-corrected chi connectivity index (χ1v) is 8.32. The molecule has 2 aromatic carbocycles. The summed E-state index contributed by atoms with van der Waals surface area (Å²) in [6.07, 6.45) is 0.206. The quantitative estimate of drug-likeness (QED) is 0.865. The maximum Gasteiger partial charge on any atom is 0.234 e. The minimum Gasteiger partial charge on any atom is -0.493 e. The van der Waals surface area contributed by atoms with E-state index in [0.29, 0.717) is 17.2 Å². The first kappa shape index (κ1) is 17.8. The third-order valence-electron chi connectivity index (χ3n) is 4.61. The van der Waals surface area contributed by atoms with Gasteiger partial charge in [0.1, 0.15) is 0 Å². The van der Waals surface area contributed by atoms with Crippen LogP contribution in [0, 0.1) is 0 Å². The van der Waals surface area contributed by atoms with Crippen molar-refractivity contribution in [3.8, 4) is 11.5 Å². The van der Waals surface area contributed by atoms with E-state index in [2.05, 4.69) is 10.6 Å². The molecule has 0 saturated carbocycles. The van der Waals surface area contributed by atoms with E-state index >= 15 is 0 Å². The molecule has 0 bridgehead atoms. The van der Waals surface area contributed by atoms with Gasteiger partial charge in [0, 0.05) is 11.4 Å². The van der Waals surface area contributed by atoms with Crippen molar-refractivity contribution < 1.29 is 19.1 Å². The van der Waals surface area contributed by atoms with Crippen LogP contribution < -0.4 is 20.1 Å². The molecule has 1 heterocycles. The molecule has 2 amide bonds. The van der Waals surface area contributed by atoms with Gasteiger partial charge in [-0.2, -0.15) is 0 Å². The van der Waals surface area contributed by atoms with Crippen molar-refractivity contribution in [3.63, 3.8) is 0 Å². The lowest BCUT2D eigenvalue weighted by atomic mass is 9.86. The Kier molecular flexibility index (Phi) is 4.59. The minimum atomic E-state index is -0.612. The van der Waals surface area contributed by atoms with Gasteiger partial charge in [-0.1, -0.05) is 6.07 Å². The van der Waals surface area contributed by atoms with Crippen molar-refractivity contribution in [3.05, 3.63) is 47.5 Å². The van der Waals surface area contributed by atoms with Crippen LogP contribution in [0.15, 0.2) is 36.4 Å². The second kappa shape index (κ2) is 6.71. The van der Waals surface area contributed by atoms with Crippen molar-refractivity contribution in [1.82, 2.24) is 0 Å². The number of carbonyl (C=O) groups excluding carboxylic acids is 2. The number of hydrogen-bond acceptors (Lipinski definition) is 4. The number of anilines is 2. The van der Waals surface area contributed by atoms with Crippen LogP contribution >= 0.6 is 0 Å². The number of ether oxygens (including phenoxy) is 2. The highest BCUT2D eigenvalue weighted by Gasteiger charge is 2.38. The van der Waals surface area contributed by atoms with E-state index in [-0.39, 0.29) is 18.2 Å². The van der Waals surface area contributed by atoms with Gasteiger partial charge in [-0.3, -0.25) is 9.59 Å². The third kappa shape index (κ3) is 3.22. The van der Waals surface area contributed by atoms with Gasteiger partial charge < -0.3 is 20.1 Å². The standard InChI is InChI=1S/C20H22N2O4/c1-20(2)14-11-13(6-7-15(14)22-19(20)24)21-18(23)10-12-5-8-16(25-3)17(9-12)26-4/h5-9,11H,10H2,1-4H3,(H,21,23)(H,22,24). The Morgan fingerprint density at radius 1 is 1.08 bits per heavy atom. The van der Waals surface area contributed by atoms with Gasteiger partial charge in [0.2, 0.25) is 11.8 Å². The van der Waals surface area contributed by atoms with E-state index in [1.54, 1.807) is 32.4 Å². The summed E-state index contributed by atoms with van der Waals surface area (Å²) in [6.45, 7) is 3.73. The zero-order valence-electron chi connectivity index (χ0n) is 15.3. The maximum absolute atomic E-state index is 12.4. The Hall–Kier alpha value is -3.02. The number of amides is 2. The molecule has 1 aliphatic heterocycles. The second-order valence-corrected chi connectivity index (χ2v) is 6.75. The molecule has 136 valence electrons.